The van der Waals surface area contributed by atoms with Crippen LogP contribution in [0.1, 0.15) is 48.5 Å². The van der Waals surface area contributed by atoms with Gasteiger partial charge < -0.3 is 9.80 Å². The molecule has 1 unspecified atom stereocenters. The first kappa shape index (κ1) is 15.0. The van der Waals surface area contributed by atoms with Crippen LogP contribution in [-0.4, -0.2) is 48.9 Å². The molecule has 1 heterocycles. The summed E-state index contributed by atoms with van der Waals surface area (Å²) in [4.78, 5) is 16.6. The molecule has 1 aromatic rings. The molecule has 1 saturated heterocycles. The van der Waals surface area contributed by atoms with E-state index in [-0.39, 0.29) is 5.91 Å². The van der Waals surface area contributed by atoms with Crippen molar-refractivity contribution in [3.63, 3.8) is 0 Å². The van der Waals surface area contributed by atoms with Gasteiger partial charge in [0.2, 0.25) is 0 Å². The summed E-state index contributed by atoms with van der Waals surface area (Å²) in [5.41, 5.74) is 2.07. The summed E-state index contributed by atoms with van der Waals surface area (Å²) in [6.45, 7) is 6.30. The van der Waals surface area contributed by atoms with Gasteiger partial charge in [0.1, 0.15) is 0 Å². The van der Waals surface area contributed by atoms with Gasteiger partial charge in [-0.2, -0.15) is 0 Å². The Kier molecular flexibility index (Phi) is 4.81. The zero-order valence-corrected chi connectivity index (χ0v) is 13.1. The Morgan fingerprint density at radius 3 is 2.50 bits per heavy atom. The summed E-state index contributed by atoms with van der Waals surface area (Å²) in [6, 6.07) is 8.54. The van der Waals surface area contributed by atoms with E-state index in [0.717, 1.165) is 18.7 Å². The van der Waals surface area contributed by atoms with Crippen molar-refractivity contribution in [2.45, 2.75) is 38.6 Å². The van der Waals surface area contributed by atoms with Gasteiger partial charge in [0, 0.05) is 25.2 Å². The second-order valence-electron chi connectivity index (χ2n) is 6.24. The third-order valence-electron chi connectivity index (χ3n) is 4.33. The molecule has 3 nitrogen and oxygen atoms in total. The first-order valence-corrected chi connectivity index (χ1v) is 7.54. The van der Waals surface area contributed by atoms with Crippen LogP contribution in [0.5, 0.6) is 0 Å². The third kappa shape index (κ3) is 3.40. The monoisotopic (exact) mass is 274 g/mol. The van der Waals surface area contributed by atoms with Crippen LogP contribution in [0.25, 0.3) is 0 Å². The van der Waals surface area contributed by atoms with E-state index >= 15 is 0 Å². The molecule has 1 aliphatic heterocycles. The van der Waals surface area contributed by atoms with Crippen molar-refractivity contribution in [3.05, 3.63) is 35.4 Å². The maximum Gasteiger partial charge on any atom is 0.253 e. The van der Waals surface area contributed by atoms with Crippen LogP contribution in [0.15, 0.2) is 24.3 Å². The molecule has 0 aromatic heterocycles. The average Bonchev–Trinajstić information content (AvgIpc) is 2.83. The van der Waals surface area contributed by atoms with Crippen LogP contribution < -0.4 is 0 Å². The minimum absolute atomic E-state index is 0.126. The molecule has 1 aromatic carbocycles. The predicted molar refractivity (Wildman–Crippen MR) is 83.1 cm³/mol. The highest BCUT2D eigenvalue weighted by Gasteiger charge is 2.24. The van der Waals surface area contributed by atoms with E-state index in [1.54, 1.807) is 0 Å². The van der Waals surface area contributed by atoms with Crippen LogP contribution in [0.3, 0.4) is 0 Å². The summed E-state index contributed by atoms with van der Waals surface area (Å²) in [7, 11) is 4.05. The lowest BCUT2D eigenvalue weighted by Gasteiger charge is -2.26. The van der Waals surface area contributed by atoms with Crippen molar-refractivity contribution in [1.82, 2.24) is 9.80 Å². The quantitative estimate of drug-likeness (QED) is 0.842. The standard InChI is InChI=1S/C17H26N2O/c1-13(2)14-7-9-15(10-8-14)17(20)19(4)12-16-6-5-11-18(16)3/h7-10,13,16H,5-6,11-12H2,1-4H3. The van der Waals surface area contributed by atoms with Gasteiger partial charge in [0.25, 0.3) is 5.91 Å². The Balaban J connectivity index is 1.99. The zero-order valence-electron chi connectivity index (χ0n) is 13.1. The molecule has 0 saturated carbocycles. The number of likely N-dealkylation sites (N-methyl/N-ethyl adjacent to an activating group) is 2. The number of hydrogen-bond donors (Lipinski definition) is 0. The molecule has 0 bridgehead atoms. The first-order valence-electron chi connectivity index (χ1n) is 7.54. The first-order chi connectivity index (χ1) is 9.49. The zero-order chi connectivity index (χ0) is 14.7. The van der Waals surface area contributed by atoms with Crippen molar-refractivity contribution >= 4 is 5.91 Å². The maximum atomic E-state index is 12.4. The van der Waals surface area contributed by atoms with Gasteiger partial charge >= 0.3 is 0 Å². The summed E-state index contributed by atoms with van der Waals surface area (Å²) >= 11 is 0. The topological polar surface area (TPSA) is 23.6 Å². The van der Waals surface area contributed by atoms with Crippen molar-refractivity contribution in [2.75, 3.05) is 27.2 Å². The van der Waals surface area contributed by atoms with Crippen molar-refractivity contribution in [2.24, 2.45) is 0 Å². The number of rotatable bonds is 4. The van der Waals surface area contributed by atoms with Crippen molar-refractivity contribution in [3.8, 4) is 0 Å². The Hall–Kier alpha value is -1.35. The summed E-state index contributed by atoms with van der Waals surface area (Å²) in [5.74, 6) is 0.629. The number of amides is 1. The molecule has 0 aliphatic carbocycles. The highest BCUT2D eigenvalue weighted by Crippen LogP contribution is 2.18. The fourth-order valence-electron chi connectivity index (χ4n) is 2.84. The normalized spacial score (nSPS) is 19.6. The highest BCUT2D eigenvalue weighted by atomic mass is 16.2. The number of likely N-dealkylation sites (tertiary alicyclic amines) is 1. The largest absolute Gasteiger partial charge is 0.340 e. The second-order valence-corrected chi connectivity index (χ2v) is 6.24. The molecule has 3 heteroatoms. The number of carbonyl (C=O) groups is 1. The minimum atomic E-state index is 0.126. The van der Waals surface area contributed by atoms with Gasteiger partial charge in [-0.05, 0) is 50.0 Å². The summed E-state index contributed by atoms with van der Waals surface area (Å²) < 4.78 is 0. The molecule has 110 valence electrons. The van der Waals surface area contributed by atoms with Gasteiger partial charge in [-0.3, -0.25) is 4.79 Å². The lowest BCUT2D eigenvalue weighted by Crippen LogP contribution is -2.39. The van der Waals surface area contributed by atoms with E-state index in [4.69, 9.17) is 0 Å². The lowest BCUT2D eigenvalue weighted by atomic mass is 10.0. The molecule has 1 aliphatic rings. The molecule has 0 radical (unpaired) electrons. The average molecular weight is 274 g/mol. The van der Waals surface area contributed by atoms with Crippen LogP contribution in [0, 0.1) is 0 Å². The number of hydrogen-bond acceptors (Lipinski definition) is 2. The van der Waals surface area contributed by atoms with Gasteiger partial charge in [-0.1, -0.05) is 26.0 Å². The molecule has 2 rings (SSSR count). The molecule has 0 N–H and O–H groups in total. The van der Waals surface area contributed by atoms with Crippen LogP contribution in [-0.2, 0) is 0 Å². The van der Waals surface area contributed by atoms with Crippen molar-refractivity contribution in [1.29, 1.82) is 0 Å². The molecule has 1 amide bonds. The summed E-state index contributed by atoms with van der Waals surface area (Å²) in [6.07, 6.45) is 2.44. The highest BCUT2D eigenvalue weighted by molar-refractivity contribution is 5.94. The Labute approximate surface area is 122 Å². The van der Waals surface area contributed by atoms with E-state index in [0.29, 0.717) is 12.0 Å². The summed E-state index contributed by atoms with van der Waals surface area (Å²) in [5, 5.41) is 0. The van der Waals surface area contributed by atoms with E-state index in [2.05, 4.69) is 37.9 Å². The van der Waals surface area contributed by atoms with E-state index in [1.807, 2.05) is 24.1 Å². The fraction of sp³-hybridized carbons (Fsp3) is 0.588. The SMILES string of the molecule is CC(C)c1ccc(C(=O)N(C)CC2CCCN2C)cc1. The molecule has 0 spiro atoms. The molecular weight excluding hydrogens is 248 g/mol. The molecule has 20 heavy (non-hydrogen) atoms. The maximum absolute atomic E-state index is 12.4. The van der Waals surface area contributed by atoms with Crippen molar-refractivity contribution < 1.29 is 4.79 Å². The van der Waals surface area contributed by atoms with E-state index in [9.17, 15) is 4.79 Å². The lowest BCUT2D eigenvalue weighted by molar-refractivity contribution is 0.0761. The van der Waals surface area contributed by atoms with E-state index in [1.165, 1.54) is 18.4 Å². The Bertz CT molecular complexity index is 453. The van der Waals surface area contributed by atoms with Gasteiger partial charge in [-0.15, -0.1) is 0 Å². The number of benzene rings is 1. The molecular formula is C17H26N2O. The smallest absolute Gasteiger partial charge is 0.253 e. The number of nitrogens with zero attached hydrogens (tertiary/aromatic N) is 2. The van der Waals surface area contributed by atoms with Crippen LogP contribution in [0.2, 0.25) is 0 Å². The van der Waals surface area contributed by atoms with Crippen LogP contribution >= 0.6 is 0 Å². The minimum Gasteiger partial charge on any atom is -0.340 e. The van der Waals surface area contributed by atoms with E-state index < -0.39 is 0 Å². The van der Waals surface area contributed by atoms with Gasteiger partial charge in [0.15, 0.2) is 0 Å². The second kappa shape index (κ2) is 6.40. The molecule has 1 atom stereocenters. The van der Waals surface area contributed by atoms with Gasteiger partial charge in [0.05, 0.1) is 0 Å². The van der Waals surface area contributed by atoms with Crippen LogP contribution in [0.4, 0.5) is 0 Å². The fourth-order valence-corrected chi connectivity index (χ4v) is 2.84. The Morgan fingerprint density at radius 1 is 1.35 bits per heavy atom. The van der Waals surface area contributed by atoms with Gasteiger partial charge in [-0.25, -0.2) is 0 Å². The predicted octanol–water partition coefficient (Wildman–Crippen LogP) is 2.98. The third-order valence-corrected chi connectivity index (χ3v) is 4.33. The molecule has 1 fully saturated rings. The number of carbonyl (C=O) groups excluding carboxylic acids is 1. The Morgan fingerprint density at radius 2 is 2.00 bits per heavy atom.